The molecule has 1 unspecified atom stereocenters. The van der Waals surface area contributed by atoms with E-state index in [0.29, 0.717) is 19.3 Å². The van der Waals surface area contributed by atoms with Gasteiger partial charge in [0.05, 0.1) is 0 Å². The molecule has 0 aromatic carbocycles. The maximum atomic E-state index is 12.9. The zero-order chi connectivity index (χ0) is 57.1. The normalized spacial score (nSPS) is 12.5. The second kappa shape index (κ2) is 67.4. The Morgan fingerprint density at radius 1 is 0.266 bits per heavy atom. The van der Waals surface area contributed by atoms with E-state index in [1.165, 1.54) is 218 Å². The molecule has 0 spiro atoms. The van der Waals surface area contributed by atoms with Crippen molar-refractivity contribution >= 4 is 17.9 Å². The van der Waals surface area contributed by atoms with Crippen molar-refractivity contribution in [2.45, 2.75) is 361 Å². The summed E-state index contributed by atoms with van der Waals surface area (Å²) in [7, 11) is 0. The standard InChI is InChI=1S/C73H130O6/c1-4-7-10-13-16-19-22-24-26-28-30-32-34-35-36-37-39-40-42-44-46-48-51-54-57-60-63-66-72(75)78-69-70(68-77-71(74)65-62-59-56-53-50-21-18-15-12-9-6-3)79-73(76)67-64-61-58-55-52-49-47-45-43-41-38-33-31-29-27-25-23-20-17-14-11-8-5-2/h8,11,17,20,25,27-28,30-31,33,41,43,70H,4-7,9-10,12-16,18-19,21-24,26,29,32,34-40,42,44-69H2,1-3H3/b11-8-,20-17-,27-25-,30-28-,33-31-,43-41-. The number of rotatable bonds is 63. The van der Waals surface area contributed by atoms with Crippen molar-refractivity contribution in [3.05, 3.63) is 72.9 Å². The number of carbonyl (C=O) groups is 3. The fraction of sp³-hybridized carbons (Fsp3) is 0.795. The van der Waals surface area contributed by atoms with Crippen LogP contribution in [0.25, 0.3) is 0 Å². The summed E-state index contributed by atoms with van der Waals surface area (Å²) < 4.78 is 16.9. The van der Waals surface area contributed by atoms with E-state index in [4.69, 9.17) is 14.2 Å². The van der Waals surface area contributed by atoms with Gasteiger partial charge in [-0.15, -0.1) is 0 Å². The molecule has 0 saturated heterocycles. The molecule has 6 heteroatoms. The fourth-order valence-corrected chi connectivity index (χ4v) is 10.1. The van der Waals surface area contributed by atoms with Crippen LogP contribution in [0.1, 0.15) is 355 Å². The summed E-state index contributed by atoms with van der Waals surface area (Å²) in [6.45, 7) is 6.56. The highest BCUT2D eigenvalue weighted by molar-refractivity contribution is 5.71. The Bertz CT molecular complexity index is 1450. The summed E-state index contributed by atoms with van der Waals surface area (Å²) in [4.78, 5) is 38.3. The average Bonchev–Trinajstić information content (AvgIpc) is 3.45. The highest BCUT2D eigenvalue weighted by Crippen LogP contribution is 2.17. The van der Waals surface area contributed by atoms with Crippen LogP contribution < -0.4 is 0 Å². The molecule has 458 valence electrons. The lowest BCUT2D eigenvalue weighted by Gasteiger charge is -2.18. The van der Waals surface area contributed by atoms with Crippen molar-refractivity contribution in [2.75, 3.05) is 13.2 Å². The van der Waals surface area contributed by atoms with Gasteiger partial charge in [-0.05, 0) is 89.9 Å². The first-order chi connectivity index (χ1) is 39.0. The molecule has 0 amide bonds. The minimum Gasteiger partial charge on any atom is -0.462 e. The lowest BCUT2D eigenvalue weighted by molar-refractivity contribution is -0.167. The predicted molar refractivity (Wildman–Crippen MR) is 344 cm³/mol. The number of hydrogen-bond donors (Lipinski definition) is 0. The van der Waals surface area contributed by atoms with E-state index in [2.05, 4.69) is 93.7 Å². The second-order valence-corrected chi connectivity index (χ2v) is 23.1. The lowest BCUT2D eigenvalue weighted by atomic mass is 10.0. The fourth-order valence-electron chi connectivity index (χ4n) is 10.1. The number of carbonyl (C=O) groups excluding carboxylic acids is 3. The van der Waals surface area contributed by atoms with Gasteiger partial charge in [-0.2, -0.15) is 0 Å². The predicted octanol–water partition coefficient (Wildman–Crippen LogP) is 23.7. The Balaban J connectivity index is 4.23. The maximum Gasteiger partial charge on any atom is 0.306 e. The number of unbranched alkanes of at least 4 members (excludes halogenated alkanes) is 40. The highest BCUT2D eigenvalue weighted by Gasteiger charge is 2.19. The molecule has 0 aliphatic heterocycles. The minimum atomic E-state index is -0.780. The summed E-state index contributed by atoms with van der Waals surface area (Å²) in [6.07, 6.45) is 87.9. The summed E-state index contributed by atoms with van der Waals surface area (Å²) in [5.41, 5.74) is 0. The van der Waals surface area contributed by atoms with E-state index in [9.17, 15) is 14.4 Å². The molecule has 0 aliphatic rings. The van der Waals surface area contributed by atoms with Crippen LogP contribution in [0.2, 0.25) is 0 Å². The largest absolute Gasteiger partial charge is 0.462 e. The number of hydrogen-bond acceptors (Lipinski definition) is 6. The SMILES string of the molecule is CC/C=C\C/C=C\C/C=C\C/C=C\C/C=C\CCCCCCCCCC(=O)OC(COC(=O)CCCCCCCCCCCCC)COC(=O)CCCCCCCCCCCCCCCCC/C=C\CCCCCCCCCC. The molecule has 0 N–H and O–H groups in total. The molecular weight excluding hydrogens is 973 g/mol. The third-order valence-electron chi connectivity index (χ3n) is 15.2. The molecular formula is C73H130O6. The van der Waals surface area contributed by atoms with E-state index in [-0.39, 0.29) is 31.1 Å². The quantitative estimate of drug-likeness (QED) is 0.0261. The Morgan fingerprint density at radius 3 is 0.785 bits per heavy atom. The summed E-state index contributed by atoms with van der Waals surface area (Å²) in [5.74, 6) is -0.869. The summed E-state index contributed by atoms with van der Waals surface area (Å²) in [5, 5.41) is 0. The topological polar surface area (TPSA) is 78.9 Å². The molecule has 79 heavy (non-hydrogen) atoms. The van der Waals surface area contributed by atoms with Gasteiger partial charge in [-0.3, -0.25) is 14.4 Å². The Morgan fingerprint density at radius 2 is 0.494 bits per heavy atom. The van der Waals surface area contributed by atoms with E-state index in [1.54, 1.807) is 0 Å². The van der Waals surface area contributed by atoms with Crippen LogP contribution in [0.5, 0.6) is 0 Å². The highest BCUT2D eigenvalue weighted by atomic mass is 16.6. The van der Waals surface area contributed by atoms with Crippen LogP contribution in [0.15, 0.2) is 72.9 Å². The lowest BCUT2D eigenvalue weighted by Crippen LogP contribution is -2.30. The van der Waals surface area contributed by atoms with Gasteiger partial charge < -0.3 is 14.2 Å². The minimum absolute atomic E-state index is 0.0761. The van der Waals surface area contributed by atoms with E-state index < -0.39 is 6.10 Å². The van der Waals surface area contributed by atoms with Crippen molar-refractivity contribution < 1.29 is 28.6 Å². The van der Waals surface area contributed by atoms with Gasteiger partial charge >= 0.3 is 17.9 Å². The Kier molecular flexibility index (Phi) is 64.7. The molecule has 0 fully saturated rings. The van der Waals surface area contributed by atoms with Crippen LogP contribution in [0, 0.1) is 0 Å². The van der Waals surface area contributed by atoms with Crippen LogP contribution >= 0.6 is 0 Å². The first kappa shape index (κ1) is 75.8. The molecule has 0 heterocycles. The van der Waals surface area contributed by atoms with Gasteiger partial charge in [0.15, 0.2) is 6.10 Å². The van der Waals surface area contributed by atoms with Crippen molar-refractivity contribution in [1.82, 2.24) is 0 Å². The van der Waals surface area contributed by atoms with E-state index >= 15 is 0 Å². The zero-order valence-corrected chi connectivity index (χ0v) is 52.6. The van der Waals surface area contributed by atoms with E-state index in [1.807, 2.05) is 0 Å². The van der Waals surface area contributed by atoms with Crippen LogP contribution in [0.3, 0.4) is 0 Å². The van der Waals surface area contributed by atoms with Crippen molar-refractivity contribution in [3.63, 3.8) is 0 Å². The van der Waals surface area contributed by atoms with Gasteiger partial charge in [0.25, 0.3) is 0 Å². The average molecular weight is 1100 g/mol. The van der Waals surface area contributed by atoms with Crippen molar-refractivity contribution in [3.8, 4) is 0 Å². The number of ether oxygens (including phenoxy) is 3. The number of allylic oxidation sites excluding steroid dienone is 12. The van der Waals surface area contributed by atoms with E-state index in [0.717, 1.165) is 96.3 Å². The summed E-state index contributed by atoms with van der Waals surface area (Å²) >= 11 is 0. The molecule has 0 aliphatic carbocycles. The van der Waals surface area contributed by atoms with Gasteiger partial charge in [0, 0.05) is 19.3 Å². The van der Waals surface area contributed by atoms with Gasteiger partial charge in [0.1, 0.15) is 13.2 Å². The van der Waals surface area contributed by atoms with Gasteiger partial charge in [-0.1, -0.05) is 318 Å². The first-order valence-corrected chi connectivity index (χ1v) is 34.4. The first-order valence-electron chi connectivity index (χ1n) is 34.4. The van der Waals surface area contributed by atoms with Gasteiger partial charge in [0.2, 0.25) is 0 Å². The van der Waals surface area contributed by atoms with Crippen LogP contribution in [-0.4, -0.2) is 37.2 Å². The third-order valence-corrected chi connectivity index (χ3v) is 15.2. The summed E-state index contributed by atoms with van der Waals surface area (Å²) in [6, 6.07) is 0. The van der Waals surface area contributed by atoms with Crippen LogP contribution in [0.4, 0.5) is 0 Å². The number of esters is 3. The molecule has 0 radical (unpaired) electrons. The molecule has 1 atom stereocenters. The second-order valence-electron chi connectivity index (χ2n) is 23.1. The Labute approximate surface area is 491 Å². The molecule has 0 bridgehead atoms. The van der Waals surface area contributed by atoms with Crippen molar-refractivity contribution in [2.24, 2.45) is 0 Å². The molecule has 6 nitrogen and oxygen atoms in total. The third kappa shape index (κ3) is 65.5. The molecule has 0 aromatic heterocycles. The van der Waals surface area contributed by atoms with Crippen LogP contribution in [-0.2, 0) is 28.6 Å². The molecule has 0 rings (SSSR count). The molecule has 0 saturated carbocycles. The Hall–Kier alpha value is -3.15. The smallest absolute Gasteiger partial charge is 0.306 e. The monoisotopic (exact) mass is 1100 g/mol. The van der Waals surface area contributed by atoms with Crippen molar-refractivity contribution in [1.29, 1.82) is 0 Å². The van der Waals surface area contributed by atoms with Gasteiger partial charge in [-0.25, -0.2) is 0 Å². The molecule has 0 aromatic rings. The zero-order valence-electron chi connectivity index (χ0n) is 52.6. The maximum absolute atomic E-state index is 12.9.